The Hall–Kier alpha value is -2.03. The van der Waals surface area contributed by atoms with Gasteiger partial charge in [-0.2, -0.15) is 5.10 Å². The summed E-state index contributed by atoms with van der Waals surface area (Å²) in [6.07, 6.45) is 1.69. The first-order valence-electron chi connectivity index (χ1n) is 7.54. The quantitative estimate of drug-likeness (QED) is 0.821. The van der Waals surface area contributed by atoms with Gasteiger partial charge in [-0.25, -0.2) is 18.6 Å². The van der Waals surface area contributed by atoms with Crippen LogP contribution in [0.25, 0.3) is 0 Å². The maximum Gasteiger partial charge on any atom is 0.240 e. The van der Waals surface area contributed by atoms with Crippen molar-refractivity contribution in [2.24, 2.45) is 5.10 Å². The van der Waals surface area contributed by atoms with Crippen molar-refractivity contribution in [2.75, 3.05) is 6.54 Å². The zero-order valence-corrected chi connectivity index (χ0v) is 14.5. The highest BCUT2D eigenvalue weighted by atomic mass is 32.2. The number of hydrogen-bond donors (Lipinski definition) is 2. The van der Waals surface area contributed by atoms with Crippen molar-refractivity contribution in [3.8, 4) is 0 Å². The van der Waals surface area contributed by atoms with E-state index >= 15 is 0 Å². The van der Waals surface area contributed by atoms with Crippen LogP contribution in [0.1, 0.15) is 22.6 Å². The molecule has 0 saturated carbocycles. The van der Waals surface area contributed by atoms with Crippen LogP contribution in [0.2, 0.25) is 0 Å². The van der Waals surface area contributed by atoms with Gasteiger partial charge in [-0.1, -0.05) is 18.2 Å². The predicted octanol–water partition coefficient (Wildman–Crippen LogP) is 1.88. The molecule has 0 saturated heterocycles. The molecule has 0 unspecified atom stereocenters. The molecule has 126 valence electrons. The van der Waals surface area contributed by atoms with Crippen LogP contribution in [0.3, 0.4) is 0 Å². The molecule has 0 atom stereocenters. The molecule has 6 nitrogen and oxygen atoms in total. The van der Waals surface area contributed by atoms with Crippen LogP contribution in [0.15, 0.2) is 52.5 Å². The van der Waals surface area contributed by atoms with Crippen LogP contribution in [0.5, 0.6) is 0 Å². The van der Waals surface area contributed by atoms with Gasteiger partial charge >= 0.3 is 0 Å². The second kappa shape index (κ2) is 7.25. The number of hydrogen-bond acceptors (Lipinski definition) is 5. The van der Waals surface area contributed by atoms with Crippen molar-refractivity contribution in [3.05, 3.63) is 52.2 Å². The van der Waals surface area contributed by atoms with Crippen LogP contribution < -0.4 is 10.1 Å². The van der Waals surface area contributed by atoms with Crippen LogP contribution in [0, 0.1) is 0 Å². The van der Waals surface area contributed by atoms with Crippen molar-refractivity contribution in [3.63, 3.8) is 0 Å². The number of nitrogens with zero attached hydrogens (tertiary/aromatic N) is 1. The molecule has 0 spiro atoms. The first-order valence-corrected chi connectivity index (χ1v) is 9.84. The molecule has 2 heterocycles. The Kier molecular flexibility index (Phi) is 5.08. The summed E-state index contributed by atoms with van der Waals surface area (Å²) in [5.74, 6) is -0.0640. The first-order chi connectivity index (χ1) is 11.5. The Balaban J connectivity index is 1.57. The SMILES string of the molecule is O=C1CCC(c2ccc(CCNS(=O)(=O)c3ccccc3)s2)=NN1. The lowest BCUT2D eigenvalue weighted by molar-refractivity contribution is -0.121. The van der Waals surface area contributed by atoms with E-state index in [0.29, 0.717) is 25.8 Å². The Bertz CT molecular complexity index is 858. The number of thiophene rings is 1. The minimum absolute atomic E-state index is 0.0640. The summed E-state index contributed by atoms with van der Waals surface area (Å²) in [5.41, 5.74) is 3.36. The number of carbonyl (C=O) groups is 1. The van der Waals surface area contributed by atoms with Gasteiger partial charge in [0.2, 0.25) is 15.9 Å². The summed E-state index contributed by atoms with van der Waals surface area (Å²) in [4.78, 5) is 13.5. The summed E-state index contributed by atoms with van der Waals surface area (Å²) >= 11 is 1.57. The average molecular weight is 363 g/mol. The molecule has 1 aromatic heterocycles. The fourth-order valence-corrected chi connectivity index (χ4v) is 4.39. The summed E-state index contributed by atoms with van der Waals surface area (Å²) in [5, 5.41) is 4.07. The number of hydrazone groups is 1. The zero-order valence-electron chi connectivity index (χ0n) is 12.9. The van der Waals surface area contributed by atoms with Crippen LogP contribution in [-0.2, 0) is 21.2 Å². The molecule has 2 aromatic rings. The topological polar surface area (TPSA) is 87.6 Å². The smallest absolute Gasteiger partial charge is 0.240 e. The largest absolute Gasteiger partial charge is 0.273 e. The molecule has 1 aromatic carbocycles. The number of amides is 1. The highest BCUT2D eigenvalue weighted by Crippen LogP contribution is 2.21. The molecule has 2 N–H and O–H groups in total. The fourth-order valence-electron chi connectivity index (χ4n) is 2.31. The van der Waals surface area contributed by atoms with Gasteiger partial charge in [0.05, 0.1) is 15.5 Å². The zero-order chi connectivity index (χ0) is 17.0. The maximum absolute atomic E-state index is 12.1. The van der Waals surface area contributed by atoms with E-state index in [2.05, 4.69) is 15.2 Å². The third-order valence-electron chi connectivity index (χ3n) is 3.57. The Morgan fingerprint density at radius 1 is 1.12 bits per heavy atom. The standard InChI is InChI=1S/C16H17N3O3S2/c20-16-9-7-14(18-19-16)15-8-6-12(23-15)10-11-17-24(21,22)13-4-2-1-3-5-13/h1-6,8,17H,7,9-11H2,(H,19,20). The van der Waals surface area contributed by atoms with Crippen molar-refractivity contribution in [1.29, 1.82) is 0 Å². The van der Waals surface area contributed by atoms with Gasteiger partial charge in [0.15, 0.2) is 0 Å². The van der Waals surface area contributed by atoms with Crippen LogP contribution in [0.4, 0.5) is 0 Å². The van der Waals surface area contributed by atoms with Gasteiger partial charge in [-0.15, -0.1) is 11.3 Å². The Labute approximate surface area is 144 Å². The van der Waals surface area contributed by atoms with Gasteiger partial charge in [-0.3, -0.25) is 4.79 Å². The molecule has 3 rings (SSSR count). The molecule has 24 heavy (non-hydrogen) atoms. The molecule has 1 aliphatic rings. The van der Waals surface area contributed by atoms with E-state index in [9.17, 15) is 13.2 Å². The fraction of sp³-hybridized carbons (Fsp3) is 0.250. The summed E-state index contributed by atoms with van der Waals surface area (Å²) < 4.78 is 26.9. The van der Waals surface area contributed by atoms with Gasteiger partial charge in [-0.05, 0) is 30.7 Å². The van der Waals surface area contributed by atoms with Crippen molar-refractivity contribution in [2.45, 2.75) is 24.2 Å². The summed E-state index contributed by atoms with van der Waals surface area (Å²) in [6.45, 7) is 0.334. The van der Waals surface area contributed by atoms with Gasteiger partial charge in [0, 0.05) is 24.3 Å². The van der Waals surface area contributed by atoms with Gasteiger partial charge in [0.25, 0.3) is 0 Å². The maximum atomic E-state index is 12.1. The molecule has 0 fully saturated rings. The Morgan fingerprint density at radius 2 is 1.92 bits per heavy atom. The van der Waals surface area contributed by atoms with E-state index in [0.717, 1.165) is 15.5 Å². The molecule has 1 aliphatic heterocycles. The van der Waals surface area contributed by atoms with E-state index in [1.165, 1.54) is 0 Å². The van der Waals surface area contributed by atoms with E-state index in [1.54, 1.807) is 41.7 Å². The molecule has 1 amide bonds. The molecule has 0 bridgehead atoms. The highest BCUT2D eigenvalue weighted by molar-refractivity contribution is 7.89. The lowest BCUT2D eigenvalue weighted by Gasteiger charge is -2.09. The minimum Gasteiger partial charge on any atom is -0.273 e. The van der Waals surface area contributed by atoms with Crippen molar-refractivity contribution < 1.29 is 13.2 Å². The molecule has 8 heteroatoms. The van der Waals surface area contributed by atoms with Crippen LogP contribution in [-0.4, -0.2) is 26.6 Å². The predicted molar refractivity (Wildman–Crippen MR) is 93.6 cm³/mol. The molecule has 0 radical (unpaired) electrons. The summed E-state index contributed by atoms with van der Waals surface area (Å²) in [7, 11) is -3.47. The molecular formula is C16H17N3O3S2. The van der Waals surface area contributed by atoms with E-state index in [-0.39, 0.29) is 10.8 Å². The van der Waals surface area contributed by atoms with E-state index < -0.39 is 10.0 Å². The van der Waals surface area contributed by atoms with Crippen molar-refractivity contribution in [1.82, 2.24) is 10.1 Å². The normalized spacial score (nSPS) is 15.0. The lowest BCUT2D eigenvalue weighted by atomic mass is 10.1. The number of carbonyl (C=O) groups excluding carboxylic acids is 1. The van der Waals surface area contributed by atoms with Crippen molar-refractivity contribution >= 4 is 33.0 Å². The molecule has 0 aliphatic carbocycles. The average Bonchev–Trinajstić information content (AvgIpc) is 3.05. The van der Waals surface area contributed by atoms with Gasteiger partial charge < -0.3 is 0 Å². The molecular weight excluding hydrogens is 346 g/mol. The van der Waals surface area contributed by atoms with E-state index in [1.807, 2.05) is 12.1 Å². The van der Waals surface area contributed by atoms with E-state index in [4.69, 9.17) is 0 Å². The third kappa shape index (κ3) is 4.08. The lowest BCUT2D eigenvalue weighted by Crippen LogP contribution is -2.25. The first kappa shape index (κ1) is 16.8. The minimum atomic E-state index is -3.47. The number of sulfonamides is 1. The second-order valence-corrected chi connectivity index (χ2v) is 8.26. The summed E-state index contributed by atoms with van der Waals surface area (Å²) in [6, 6.07) is 12.2. The third-order valence-corrected chi connectivity index (χ3v) is 6.24. The number of benzene rings is 1. The van der Waals surface area contributed by atoms with Crippen LogP contribution >= 0.6 is 11.3 Å². The number of rotatable bonds is 6. The second-order valence-electron chi connectivity index (χ2n) is 5.32. The number of nitrogens with one attached hydrogen (secondary N) is 2. The monoisotopic (exact) mass is 363 g/mol. The Morgan fingerprint density at radius 3 is 2.62 bits per heavy atom. The highest BCUT2D eigenvalue weighted by Gasteiger charge is 2.16. The van der Waals surface area contributed by atoms with Gasteiger partial charge in [0.1, 0.15) is 0 Å².